The van der Waals surface area contributed by atoms with Gasteiger partial charge in [0, 0.05) is 17.2 Å². The van der Waals surface area contributed by atoms with Crippen LogP contribution in [-0.4, -0.2) is 32.2 Å². The number of hydrogen-bond donors (Lipinski definition) is 0. The third kappa shape index (κ3) is 4.11. The van der Waals surface area contributed by atoms with Crippen LogP contribution in [0, 0.1) is 0 Å². The van der Waals surface area contributed by atoms with Crippen LogP contribution < -0.4 is 0 Å². The van der Waals surface area contributed by atoms with Gasteiger partial charge in [0.25, 0.3) is 0 Å². The Bertz CT molecular complexity index is 1790. The van der Waals surface area contributed by atoms with E-state index >= 15 is 0 Å². The molecule has 6 aromatic rings. The van der Waals surface area contributed by atoms with Crippen molar-refractivity contribution in [3.8, 4) is 22.8 Å². The summed E-state index contributed by atoms with van der Waals surface area (Å²) in [7, 11) is 1.39. The Hall–Kier alpha value is -4.65. The van der Waals surface area contributed by atoms with Crippen LogP contribution in [0.5, 0.6) is 0 Å². The molecule has 0 aliphatic heterocycles. The Balaban J connectivity index is 1.40. The molecule has 7 heteroatoms. The van der Waals surface area contributed by atoms with Crippen molar-refractivity contribution >= 4 is 28.0 Å². The molecule has 1 saturated carbocycles. The largest absolute Gasteiger partial charge is 0.467 e. The minimum atomic E-state index is -0.383. The number of carbonyl (C=O) groups excluding carboxylic acids is 1. The highest BCUT2D eigenvalue weighted by Crippen LogP contribution is 2.38. The van der Waals surface area contributed by atoms with E-state index in [1.807, 2.05) is 24.3 Å². The molecular weight excluding hydrogens is 488 g/mol. The lowest BCUT2D eigenvalue weighted by atomic mass is 10.1. The first-order valence-corrected chi connectivity index (χ1v) is 13.4. The molecule has 3 aromatic carbocycles. The highest BCUT2D eigenvalue weighted by molar-refractivity contribution is 5.95. The van der Waals surface area contributed by atoms with Gasteiger partial charge >= 0.3 is 5.97 Å². The third-order valence-corrected chi connectivity index (χ3v) is 7.73. The summed E-state index contributed by atoms with van der Waals surface area (Å²) in [5.74, 6) is 2.25. The number of hydrogen-bond acceptors (Lipinski definition) is 5. The van der Waals surface area contributed by atoms with Crippen LogP contribution in [0.15, 0.2) is 89.5 Å². The van der Waals surface area contributed by atoms with Crippen molar-refractivity contribution in [3.05, 3.63) is 96.4 Å². The topological polar surface area (TPSA) is 75.1 Å². The van der Waals surface area contributed by atoms with Crippen LogP contribution in [0.4, 0.5) is 0 Å². The van der Waals surface area contributed by atoms with E-state index in [2.05, 4.69) is 51.6 Å². The zero-order chi connectivity index (χ0) is 26.3. The van der Waals surface area contributed by atoms with Crippen LogP contribution in [0.1, 0.15) is 47.8 Å². The Morgan fingerprint density at radius 2 is 1.64 bits per heavy atom. The Morgan fingerprint density at radius 1 is 0.872 bits per heavy atom. The smallest absolute Gasteiger partial charge is 0.337 e. The van der Waals surface area contributed by atoms with Gasteiger partial charge < -0.3 is 18.3 Å². The molecule has 0 amide bonds. The summed E-state index contributed by atoms with van der Waals surface area (Å²) in [5.41, 5.74) is 6.29. The molecule has 0 saturated heterocycles. The highest BCUT2D eigenvalue weighted by Gasteiger charge is 2.24. The van der Waals surface area contributed by atoms with E-state index < -0.39 is 0 Å². The molecule has 0 spiro atoms. The van der Waals surface area contributed by atoms with Crippen LogP contribution in [0.3, 0.4) is 0 Å². The summed E-state index contributed by atoms with van der Waals surface area (Å²) < 4.78 is 15.2. The predicted octanol–water partition coefficient (Wildman–Crippen LogP) is 7.26. The van der Waals surface area contributed by atoms with Gasteiger partial charge in [0.05, 0.1) is 47.5 Å². The Morgan fingerprint density at radius 3 is 2.41 bits per heavy atom. The van der Waals surface area contributed by atoms with Gasteiger partial charge in [0.15, 0.2) is 0 Å². The minimum Gasteiger partial charge on any atom is -0.467 e. The van der Waals surface area contributed by atoms with Gasteiger partial charge in [-0.25, -0.2) is 14.8 Å². The van der Waals surface area contributed by atoms with Gasteiger partial charge in [-0.15, -0.1) is 0 Å². The van der Waals surface area contributed by atoms with Crippen molar-refractivity contribution in [1.29, 1.82) is 0 Å². The van der Waals surface area contributed by atoms with Crippen LogP contribution >= 0.6 is 0 Å². The minimum absolute atomic E-state index is 0.383. The number of methoxy groups -OCH3 is 1. The summed E-state index contributed by atoms with van der Waals surface area (Å²) in [6, 6.07) is 26.7. The van der Waals surface area contributed by atoms with Crippen LogP contribution in [0.25, 0.3) is 44.8 Å². The standard InChI is InChI=1S/C32H28N4O3/c1-38-32(37)23-14-15-28-26(19-23)33-30(35(28)20-25-12-7-17-39-25)22-13-16-29-27(18-22)34-31(21-8-3-2-4-9-21)36(29)24-10-5-6-11-24/h2-4,7-9,12-19,24H,5-6,10-11,20H2,1H3. The van der Waals surface area contributed by atoms with E-state index in [9.17, 15) is 4.79 Å². The molecular formula is C32H28N4O3. The maximum atomic E-state index is 12.2. The molecule has 0 radical (unpaired) electrons. The molecule has 3 aromatic heterocycles. The number of aromatic nitrogens is 4. The predicted molar refractivity (Wildman–Crippen MR) is 151 cm³/mol. The van der Waals surface area contributed by atoms with Crippen molar-refractivity contribution in [2.75, 3.05) is 7.11 Å². The molecule has 0 atom stereocenters. The van der Waals surface area contributed by atoms with Crippen molar-refractivity contribution < 1.29 is 13.9 Å². The van der Waals surface area contributed by atoms with E-state index in [0.29, 0.717) is 18.2 Å². The second kappa shape index (κ2) is 9.58. The number of benzene rings is 3. The first-order chi connectivity index (χ1) is 19.2. The Labute approximate surface area is 225 Å². The number of nitrogens with zero attached hydrogens (tertiary/aromatic N) is 4. The van der Waals surface area contributed by atoms with Gasteiger partial charge in [-0.2, -0.15) is 0 Å². The molecule has 1 aliphatic carbocycles. The fourth-order valence-electron chi connectivity index (χ4n) is 5.87. The fourth-order valence-corrected chi connectivity index (χ4v) is 5.87. The van der Waals surface area contributed by atoms with Gasteiger partial charge in [0.2, 0.25) is 0 Å². The van der Waals surface area contributed by atoms with Gasteiger partial charge in [-0.05, 0) is 61.4 Å². The fraction of sp³-hybridized carbons (Fsp3) is 0.219. The number of furan rings is 1. The first kappa shape index (κ1) is 23.5. The summed E-state index contributed by atoms with van der Waals surface area (Å²) in [6.07, 6.45) is 6.53. The lowest BCUT2D eigenvalue weighted by Crippen LogP contribution is -2.06. The van der Waals surface area contributed by atoms with Gasteiger partial charge in [0.1, 0.15) is 17.4 Å². The maximum Gasteiger partial charge on any atom is 0.337 e. The second-order valence-electron chi connectivity index (χ2n) is 10.1. The molecule has 1 aliphatic rings. The monoisotopic (exact) mass is 516 g/mol. The number of esters is 1. The lowest BCUT2D eigenvalue weighted by Gasteiger charge is -2.16. The molecule has 3 heterocycles. The van der Waals surface area contributed by atoms with Crippen LogP contribution in [-0.2, 0) is 11.3 Å². The van der Waals surface area contributed by atoms with Crippen molar-refractivity contribution in [3.63, 3.8) is 0 Å². The zero-order valence-electron chi connectivity index (χ0n) is 21.7. The molecule has 0 bridgehead atoms. The van der Waals surface area contributed by atoms with E-state index in [1.54, 1.807) is 18.4 Å². The normalized spacial score (nSPS) is 14.0. The molecule has 39 heavy (non-hydrogen) atoms. The number of rotatable bonds is 6. The van der Waals surface area contributed by atoms with Crippen molar-refractivity contribution in [1.82, 2.24) is 19.1 Å². The molecule has 7 rings (SSSR count). The lowest BCUT2D eigenvalue weighted by molar-refractivity contribution is 0.0601. The Kier molecular flexibility index (Phi) is 5.77. The average Bonchev–Trinajstić information content (AvgIpc) is 3.79. The molecule has 194 valence electrons. The molecule has 0 unspecified atom stereocenters. The third-order valence-electron chi connectivity index (χ3n) is 7.73. The average molecular weight is 517 g/mol. The molecule has 7 nitrogen and oxygen atoms in total. The molecule has 1 fully saturated rings. The van der Waals surface area contributed by atoms with Crippen molar-refractivity contribution in [2.24, 2.45) is 0 Å². The quantitative estimate of drug-likeness (QED) is 0.218. The van der Waals surface area contributed by atoms with Crippen LogP contribution in [0.2, 0.25) is 0 Å². The zero-order valence-corrected chi connectivity index (χ0v) is 21.7. The molecule has 0 N–H and O–H groups in total. The summed E-state index contributed by atoms with van der Waals surface area (Å²) >= 11 is 0. The van der Waals surface area contributed by atoms with Gasteiger partial charge in [-0.1, -0.05) is 43.2 Å². The highest BCUT2D eigenvalue weighted by atomic mass is 16.5. The number of fused-ring (bicyclic) bond motifs is 2. The van der Waals surface area contributed by atoms with Gasteiger partial charge in [-0.3, -0.25) is 0 Å². The van der Waals surface area contributed by atoms with E-state index in [0.717, 1.165) is 50.6 Å². The summed E-state index contributed by atoms with van der Waals surface area (Å²) in [6.45, 7) is 0.514. The van der Waals surface area contributed by atoms with E-state index in [-0.39, 0.29) is 5.97 Å². The number of carbonyl (C=O) groups is 1. The summed E-state index contributed by atoms with van der Waals surface area (Å²) in [4.78, 5) is 22.4. The number of ether oxygens (including phenoxy) is 1. The summed E-state index contributed by atoms with van der Waals surface area (Å²) in [5, 5.41) is 0. The SMILES string of the molecule is COC(=O)c1ccc2c(c1)nc(-c1ccc3c(c1)nc(-c1ccccc1)n3C1CCCC1)n2Cc1ccco1. The number of imidazole rings is 2. The van der Waals surface area contributed by atoms with Crippen molar-refractivity contribution in [2.45, 2.75) is 38.3 Å². The second-order valence-corrected chi connectivity index (χ2v) is 10.1. The van der Waals surface area contributed by atoms with E-state index in [4.69, 9.17) is 19.1 Å². The first-order valence-electron chi connectivity index (χ1n) is 13.4. The maximum absolute atomic E-state index is 12.2. The van der Waals surface area contributed by atoms with E-state index in [1.165, 1.54) is 32.8 Å².